The number of rotatable bonds is 3. The summed E-state index contributed by atoms with van der Waals surface area (Å²) in [5, 5.41) is 4.03. The first kappa shape index (κ1) is 13.9. The monoisotopic (exact) mass is 342 g/mol. The smallest absolute Gasteiger partial charge is 0.255 e. The Kier molecular flexibility index (Phi) is 3.80. The van der Waals surface area contributed by atoms with Crippen LogP contribution < -0.4 is 5.32 Å². The molecule has 0 unspecified atom stereocenters. The zero-order valence-electron chi connectivity index (χ0n) is 11.6. The minimum absolute atomic E-state index is 0.0878. The standard InChI is InChI=1S/C17H15BrN2O/c1-2-11-10-14(18)4-6-16(11)20-17(21)13-3-5-15-12(9-13)7-8-19-15/h3-10,19H,2H2,1H3,(H,20,21). The van der Waals surface area contributed by atoms with Gasteiger partial charge in [0.2, 0.25) is 0 Å². The zero-order chi connectivity index (χ0) is 14.8. The van der Waals surface area contributed by atoms with Crippen LogP contribution in [0.5, 0.6) is 0 Å². The van der Waals surface area contributed by atoms with Crippen LogP contribution in [0.3, 0.4) is 0 Å². The van der Waals surface area contributed by atoms with Gasteiger partial charge in [0.25, 0.3) is 5.91 Å². The van der Waals surface area contributed by atoms with Gasteiger partial charge < -0.3 is 10.3 Å². The van der Waals surface area contributed by atoms with Crippen LogP contribution in [0.15, 0.2) is 53.1 Å². The topological polar surface area (TPSA) is 44.9 Å². The lowest BCUT2D eigenvalue weighted by atomic mass is 10.1. The molecule has 2 N–H and O–H groups in total. The Morgan fingerprint density at radius 3 is 2.86 bits per heavy atom. The number of nitrogens with one attached hydrogen (secondary N) is 2. The number of hydrogen-bond donors (Lipinski definition) is 2. The molecule has 0 aliphatic carbocycles. The molecule has 0 fully saturated rings. The van der Waals surface area contributed by atoms with Crippen molar-refractivity contribution in [2.45, 2.75) is 13.3 Å². The third-order valence-corrected chi connectivity index (χ3v) is 4.01. The molecule has 1 amide bonds. The Hall–Kier alpha value is -2.07. The van der Waals surface area contributed by atoms with E-state index in [2.05, 4.69) is 33.2 Å². The first-order valence-electron chi connectivity index (χ1n) is 6.84. The molecule has 106 valence electrons. The number of aromatic nitrogens is 1. The van der Waals surface area contributed by atoms with Crippen LogP contribution in [0, 0.1) is 0 Å². The summed E-state index contributed by atoms with van der Waals surface area (Å²) in [4.78, 5) is 15.5. The molecular formula is C17H15BrN2O. The maximum atomic E-state index is 12.4. The molecule has 1 heterocycles. The lowest BCUT2D eigenvalue weighted by molar-refractivity contribution is 0.102. The van der Waals surface area contributed by atoms with Gasteiger partial charge in [-0.25, -0.2) is 0 Å². The Balaban J connectivity index is 1.88. The zero-order valence-corrected chi connectivity index (χ0v) is 13.2. The predicted molar refractivity (Wildman–Crippen MR) is 89.8 cm³/mol. The molecule has 3 aromatic rings. The number of aromatic amines is 1. The number of hydrogen-bond acceptors (Lipinski definition) is 1. The van der Waals surface area contributed by atoms with Crippen LogP contribution >= 0.6 is 15.9 Å². The van der Waals surface area contributed by atoms with E-state index in [1.165, 1.54) is 0 Å². The van der Waals surface area contributed by atoms with Crippen LogP contribution in [0.4, 0.5) is 5.69 Å². The van der Waals surface area contributed by atoms with Gasteiger partial charge in [-0.2, -0.15) is 0 Å². The Morgan fingerprint density at radius 1 is 1.19 bits per heavy atom. The molecule has 0 radical (unpaired) electrons. The van der Waals surface area contributed by atoms with Gasteiger partial charge in [0.15, 0.2) is 0 Å². The second kappa shape index (κ2) is 5.74. The van der Waals surface area contributed by atoms with Gasteiger partial charge in [-0.05, 0) is 54.4 Å². The molecule has 0 spiro atoms. The van der Waals surface area contributed by atoms with Gasteiger partial charge in [-0.3, -0.25) is 4.79 Å². The van der Waals surface area contributed by atoms with Crippen LogP contribution in [0.1, 0.15) is 22.8 Å². The molecule has 3 nitrogen and oxygen atoms in total. The molecule has 0 aliphatic rings. The Morgan fingerprint density at radius 2 is 2.05 bits per heavy atom. The van der Waals surface area contributed by atoms with Gasteiger partial charge >= 0.3 is 0 Å². The van der Waals surface area contributed by atoms with Gasteiger partial charge in [-0.15, -0.1) is 0 Å². The normalized spacial score (nSPS) is 10.8. The van der Waals surface area contributed by atoms with Crippen molar-refractivity contribution < 1.29 is 4.79 Å². The molecule has 0 aliphatic heterocycles. The molecule has 2 aromatic carbocycles. The van der Waals surface area contributed by atoms with Gasteiger partial charge in [-0.1, -0.05) is 22.9 Å². The van der Waals surface area contributed by atoms with Crippen molar-refractivity contribution in [1.29, 1.82) is 0 Å². The third kappa shape index (κ3) is 2.85. The van der Waals surface area contributed by atoms with E-state index in [4.69, 9.17) is 0 Å². The second-order valence-electron chi connectivity index (χ2n) is 4.89. The molecule has 1 aromatic heterocycles. The van der Waals surface area contributed by atoms with Gasteiger partial charge in [0.1, 0.15) is 0 Å². The van der Waals surface area contributed by atoms with Crippen molar-refractivity contribution in [3.05, 3.63) is 64.3 Å². The first-order valence-corrected chi connectivity index (χ1v) is 7.63. The Bertz CT molecular complexity index is 807. The van der Waals surface area contributed by atoms with Crippen LogP contribution in [-0.2, 0) is 6.42 Å². The molecule has 0 bridgehead atoms. The molecule has 3 rings (SSSR count). The number of carbonyl (C=O) groups is 1. The van der Waals surface area contributed by atoms with E-state index in [1.54, 1.807) is 0 Å². The summed E-state index contributed by atoms with van der Waals surface area (Å²) in [5.41, 5.74) is 3.66. The van der Waals surface area contributed by atoms with Crippen molar-refractivity contribution in [2.75, 3.05) is 5.32 Å². The number of benzene rings is 2. The average molecular weight is 343 g/mol. The van der Waals surface area contributed by atoms with Crippen molar-refractivity contribution >= 4 is 38.4 Å². The molecule has 0 saturated carbocycles. The number of fused-ring (bicyclic) bond motifs is 1. The third-order valence-electron chi connectivity index (χ3n) is 3.51. The highest BCUT2D eigenvalue weighted by molar-refractivity contribution is 9.10. The summed E-state index contributed by atoms with van der Waals surface area (Å²) in [7, 11) is 0. The lowest BCUT2D eigenvalue weighted by Gasteiger charge is -2.10. The van der Waals surface area contributed by atoms with Gasteiger partial charge in [0, 0.05) is 32.8 Å². The quantitative estimate of drug-likeness (QED) is 0.709. The van der Waals surface area contributed by atoms with Gasteiger partial charge in [0.05, 0.1) is 0 Å². The van der Waals surface area contributed by atoms with Crippen LogP contribution in [0.25, 0.3) is 10.9 Å². The van der Waals surface area contributed by atoms with Crippen LogP contribution in [-0.4, -0.2) is 10.9 Å². The minimum atomic E-state index is -0.0878. The number of amides is 1. The fourth-order valence-corrected chi connectivity index (χ4v) is 2.77. The first-order chi connectivity index (χ1) is 10.2. The number of H-pyrrole nitrogens is 1. The predicted octanol–water partition coefficient (Wildman–Crippen LogP) is 4.75. The largest absolute Gasteiger partial charge is 0.361 e. The van der Waals surface area contributed by atoms with E-state index in [-0.39, 0.29) is 5.91 Å². The van der Waals surface area contributed by atoms with Crippen molar-refractivity contribution in [3.8, 4) is 0 Å². The molecular weight excluding hydrogens is 328 g/mol. The van der Waals surface area contributed by atoms with Crippen molar-refractivity contribution in [1.82, 2.24) is 4.98 Å². The molecule has 0 saturated heterocycles. The van der Waals surface area contributed by atoms with E-state index in [1.807, 2.05) is 48.7 Å². The second-order valence-corrected chi connectivity index (χ2v) is 5.80. The summed E-state index contributed by atoms with van der Waals surface area (Å²) < 4.78 is 1.02. The van der Waals surface area contributed by atoms with Crippen molar-refractivity contribution in [2.24, 2.45) is 0 Å². The molecule has 4 heteroatoms. The number of anilines is 1. The maximum Gasteiger partial charge on any atom is 0.255 e. The highest BCUT2D eigenvalue weighted by atomic mass is 79.9. The molecule has 21 heavy (non-hydrogen) atoms. The van der Waals surface area contributed by atoms with E-state index in [0.29, 0.717) is 5.56 Å². The lowest BCUT2D eigenvalue weighted by Crippen LogP contribution is -2.13. The van der Waals surface area contributed by atoms with E-state index in [0.717, 1.165) is 33.0 Å². The average Bonchev–Trinajstić information content (AvgIpc) is 2.96. The summed E-state index contributed by atoms with van der Waals surface area (Å²) in [6, 6.07) is 13.5. The summed E-state index contributed by atoms with van der Waals surface area (Å²) in [6.07, 6.45) is 2.74. The minimum Gasteiger partial charge on any atom is -0.361 e. The van der Waals surface area contributed by atoms with Crippen molar-refractivity contribution in [3.63, 3.8) is 0 Å². The van der Waals surface area contributed by atoms with Crippen LogP contribution in [0.2, 0.25) is 0 Å². The maximum absolute atomic E-state index is 12.4. The van der Waals surface area contributed by atoms with E-state index in [9.17, 15) is 4.79 Å². The summed E-state index contributed by atoms with van der Waals surface area (Å²) >= 11 is 3.45. The number of aryl methyl sites for hydroxylation is 1. The Labute approximate surface area is 131 Å². The highest BCUT2D eigenvalue weighted by Gasteiger charge is 2.09. The summed E-state index contributed by atoms with van der Waals surface area (Å²) in [6.45, 7) is 2.07. The van der Waals surface area contributed by atoms with E-state index < -0.39 is 0 Å². The molecule has 0 atom stereocenters. The number of halogens is 1. The SMILES string of the molecule is CCc1cc(Br)ccc1NC(=O)c1ccc2[nH]ccc2c1. The highest BCUT2D eigenvalue weighted by Crippen LogP contribution is 2.23. The summed E-state index contributed by atoms with van der Waals surface area (Å²) in [5.74, 6) is -0.0878. The fourth-order valence-electron chi connectivity index (χ4n) is 2.37. The number of carbonyl (C=O) groups excluding carboxylic acids is 1. The van der Waals surface area contributed by atoms with E-state index >= 15 is 0 Å². The fraction of sp³-hybridized carbons (Fsp3) is 0.118.